The topological polar surface area (TPSA) is 138 Å². The molecule has 2 aromatic rings. The Kier molecular flexibility index (Phi) is 4.32. The van der Waals surface area contributed by atoms with Crippen LogP contribution in [0.1, 0.15) is 6.23 Å². The highest BCUT2D eigenvalue weighted by molar-refractivity contribution is 5.69. The normalized spacial score (nSPS) is 27.4. The first-order valence-corrected chi connectivity index (χ1v) is 7.21. The van der Waals surface area contributed by atoms with Crippen molar-refractivity contribution in [1.29, 1.82) is 0 Å². The molecule has 130 valence electrons. The van der Waals surface area contributed by atoms with E-state index in [4.69, 9.17) is 9.84 Å². The highest BCUT2D eigenvalue weighted by Crippen LogP contribution is 2.30. The third-order valence-corrected chi connectivity index (χ3v) is 3.67. The number of aromatic nitrogens is 4. The fourth-order valence-electron chi connectivity index (χ4n) is 2.44. The largest absolute Gasteiger partial charge is 0.394 e. The van der Waals surface area contributed by atoms with Crippen LogP contribution in [0, 0.1) is 0 Å². The van der Waals surface area contributed by atoms with Crippen LogP contribution in [-0.2, 0) is 4.74 Å². The number of rotatable bonds is 4. The van der Waals surface area contributed by atoms with E-state index in [2.05, 4.69) is 15.1 Å². The van der Waals surface area contributed by atoms with Gasteiger partial charge < -0.3 is 25.0 Å². The summed E-state index contributed by atoms with van der Waals surface area (Å²) in [6, 6.07) is 0. The van der Waals surface area contributed by atoms with Gasteiger partial charge in [0.25, 0.3) is 0 Å². The Hall–Kier alpha value is -2.34. The first-order valence-electron chi connectivity index (χ1n) is 7.21. The Morgan fingerprint density at radius 1 is 1.33 bits per heavy atom. The zero-order valence-corrected chi connectivity index (χ0v) is 13.1. The molecule has 3 N–H and O–H groups in total. The van der Waals surface area contributed by atoms with Crippen molar-refractivity contribution in [1.82, 2.24) is 24.1 Å². The number of aliphatic hydroxyl groups is 3. The highest BCUT2D eigenvalue weighted by atomic mass is 16.6. The minimum Gasteiger partial charge on any atom is -0.394 e. The minimum atomic E-state index is -1.28. The standard InChI is InChI=1S/C13H18N6O5/c1-17(2)6-16-19-5-15-11-8(12(19)23)14-4-18(11)13-10(22)9(21)7(3-20)24-13/h4-7,9-10,13,20-22H,3H2,1-2H3/b16-6-/t7-,9+,10+,13+/m0/s1. The van der Waals surface area contributed by atoms with E-state index in [1.54, 1.807) is 19.0 Å². The van der Waals surface area contributed by atoms with Crippen LogP contribution in [0.2, 0.25) is 0 Å². The summed E-state index contributed by atoms with van der Waals surface area (Å²) < 4.78 is 7.81. The third kappa shape index (κ3) is 2.67. The molecule has 3 rings (SSSR count). The molecule has 0 aliphatic carbocycles. The zero-order chi connectivity index (χ0) is 17.4. The van der Waals surface area contributed by atoms with Crippen LogP contribution < -0.4 is 5.56 Å². The van der Waals surface area contributed by atoms with E-state index in [0.29, 0.717) is 0 Å². The lowest BCUT2D eigenvalue weighted by atomic mass is 10.1. The fourth-order valence-corrected chi connectivity index (χ4v) is 2.44. The molecule has 3 heterocycles. The summed E-state index contributed by atoms with van der Waals surface area (Å²) in [5, 5.41) is 33.0. The van der Waals surface area contributed by atoms with E-state index >= 15 is 0 Å². The van der Waals surface area contributed by atoms with Crippen molar-refractivity contribution >= 4 is 17.5 Å². The lowest BCUT2D eigenvalue weighted by molar-refractivity contribution is -0.0511. The second-order valence-electron chi connectivity index (χ2n) is 5.64. The van der Waals surface area contributed by atoms with Gasteiger partial charge in [0.05, 0.1) is 12.9 Å². The van der Waals surface area contributed by atoms with Gasteiger partial charge in [0.1, 0.15) is 31.0 Å². The first-order chi connectivity index (χ1) is 11.4. The molecule has 0 spiro atoms. The van der Waals surface area contributed by atoms with Gasteiger partial charge in [0.2, 0.25) is 0 Å². The van der Waals surface area contributed by atoms with Crippen molar-refractivity contribution in [2.75, 3.05) is 20.7 Å². The van der Waals surface area contributed by atoms with Crippen molar-refractivity contribution in [2.45, 2.75) is 24.5 Å². The number of hydrogen-bond donors (Lipinski definition) is 3. The quantitative estimate of drug-likeness (QED) is 0.413. The molecule has 11 nitrogen and oxygen atoms in total. The number of nitrogens with zero attached hydrogens (tertiary/aromatic N) is 6. The van der Waals surface area contributed by atoms with Crippen LogP contribution in [0.15, 0.2) is 22.6 Å². The first kappa shape index (κ1) is 16.5. The third-order valence-electron chi connectivity index (χ3n) is 3.67. The van der Waals surface area contributed by atoms with Crippen LogP contribution >= 0.6 is 0 Å². The van der Waals surface area contributed by atoms with Crippen molar-refractivity contribution in [3.8, 4) is 0 Å². The average molecular weight is 338 g/mol. The number of ether oxygens (including phenoxy) is 1. The SMILES string of the molecule is CN(C)/C=N\n1cnc2c(ncn2[C@@H]2O[C@@H](CO)[C@@H](O)[C@H]2O)c1=O. The smallest absolute Gasteiger partial charge is 0.302 e. The fraction of sp³-hybridized carbons (Fsp3) is 0.538. The van der Waals surface area contributed by atoms with Gasteiger partial charge in [-0.05, 0) is 0 Å². The van der Waals surface area contributed by atoms with Gasteiger partial charge in [-0.3, -0.25) is 9.36 Å². The van der Waals surface area contributed by atoms with Crippen molar-refractivity contribution in [3.63, 3.8) is 0 Å². The molecule has 0 amide bonds. The maximum Gasteiger partial charge on any atom is 0.302 e. The van der Waals surface area contributed by atoms with Gasteiger partial charge in [-0.2, -0.15) is 9.78 Å². The van der Waals surface area contributed by atoms with Gasteiger partial charge in [0, 0.05) is 14.1 Å². The Morgan fingerprint density at radius 3 is 2.71 bits per heavy atom. The lowest BCUT2D eigenvalue weighted by Crippen LogP contribution is -2.33. The molecule has 0 radical (unpaired) electrons. The Balaban J connectivity index is 2.00. The molecule has 1 aliphatic heterocycles. The molecule has 0 aromatic carbocycles. The molecule has 0 bridgehead atoms. The van der Waals surface area contributed by atoms with E-state index in [0.717, 1.165) is 4.68 Å². The number of aliphatic hydroxyl groups excluding tert-OH is 3. The molecule has 2 aromatic heterocycles. The number of imidazole rings is 1. The number of hydrogen-bond acceptors (Lipinski definition) is 8. The van der Waals surface area contributed by atoms with Gasteiger partial charge in [-0.25, -0.2) is 9.97 Å². The van der Waals surface area contributed by atoms with Crippen LogP contribution in [0.25, 0.3) is 11.2 Å². The summed E-state index contributed by atoms with van der Waals surface area (Å²) in [7, 11) is 3.52. The predicted octanol–water partition coefficient (Wildman–Crippen LogP) is -2.44. The average Bonchev–Trinajstić information content (AvgIpc) is 3.09. The van der Waals surface area contributed by atoms with E-state index in [1.807, 2.05) is 0 Å². The summed E-state index contributed by atoms with van der Waals surface area (Å²) in [4.78, 5) is 22.2. The summed E-state index contributed by atoms with van der Waals surface area (Å²) in [5.41, 5.74) is -0.249. The molecule has 0 unspecified atom stereocenters. The lowest BCUT2D eigenvalue weighted by Gasteiger charge is -2.16. The monoisotopic (exact) mass is 338 g/mol. The molecular weight excluding hydrogens is 320 g/mol. The van der Waals surface area contributed by atoms with Crippen molar-refractivity contribution < 1.29 is 20.1 Å². The van der Waals surface area contributed by atoms with Crippen LogP contribution in [0.5, 0.6) is 0 Å². The van der Waals surface area contributed by atoms with Gasteiger partial charge in [-0.1, -0.05) is 0 Å². The Morgan fingerprint density at radius 2 is 2.08 bits per heavy atom. The van der Waals surface area contributed by atoms with Gasteiger partial charge >= 0.3 is 5.56 Å². The maximum atomic E-state index is 12.4. The maximum absolute atomic E-state index is 12.4. The number of fused-ring (bicyclic) bond motifs is 1. The van der Waals surface area contributed by atoms with Crippen molar-refractivity contribution in [3.05, 3.63) is 23.0 Å². The van der Waals surface area contributed by atoms with Crippen LogP contribution in [-0.4, -0.2) is 84.8 Å². The summed E-state index contributed by atoms with van der Waals surface area (Å²) in [6.45, 7) is -0.444. The molecule has 1 aliphatic rings. The second kappa shape index (κ2) is 6.28. The molecule has 11 heteroatoms. The van der Waals surface area contributed by atoms with Crippen LogP contribution in [0.4, 0.5) is 0 Å². The Labute approximate surface area is 136 Å². The van der Waals surface area contributed by atoms with Gasteiger partial charge in [-0.15, -0.1) is 0 Å². The van der Waals surface area contributed by atoms with Gasteiger partial charge in [0.15, 0.2) is 17.4 Å². The minimum absolute atomic E-state index is 0.0474. The summed E-state index contributed by atoms with van der Waals surface area (Å²) in [6.07, 6.45) is -0.498. The van der Waals surface area contributed by atoms with E-state index in [1.165, 1.54) is 23.6 Å². The van der Waals surface area contributed by atoms with Crippen molar-refractivity contribution in [2.24, 2.45) is 5.10 Å². The Bertz CT molecular complexity index is 815. The molecule has 24 heavy (non-hydrogen) atoms. The van der Waals surface area contributed by atoms with Crippen LogP contribution in [0.3, 0.4) is 0 Å². The second-order valence-corrected chi connectivity index (χ2v) is 5.64. The summed E-state index contributed by atoms with van der Waals surface area (Å²) in [5.74, 6) is 0. The van der Waals surface area contributed by atoms with E-state index in [9.17, 15) is 15.0 Å². The molecule has 1 saturated heterocycles. The summed E-state index contributed by atoms with van der Waals surface area (Å²) >= 11 is 0. The zero-order valence-electron chi connectivity index (χ0n) is 13.1. The molecule has 1 fully saturated rings. The molecule has 4 atom stereocenters. The molecular formula is C13H18N6O5. The molecule has 0 saturated carbocycles. The van der Waals surface area contributed by atoms with E-state index in [-0.39, 0.29) is 11.2 Å². The predicted molar refractivity (Wildman–Crippen MR) is 82.4 cm³/mol. The highest BCUT2D eigenvalue weighted by Gasteiger charge is 2.44. The van der Waals surface area contributed by atoms with E-state index < -0.39 is 36.7 Å².